The second kappa shape index (κ2) is 8.71. The van der Waals surface area contributed by atoms with E-state index >= 15 is 0 Å². The minimum absolute atomic E-state index is 0.0279. The molecular formula is C20H12ClF3N4O4S. The standard InChI is InChI=1S/C20H12ClF3N4O4S/c21-14-5-2-6-15(22)18(14)19(29)27-17-8-16-11(9-25-17)10-26-28(16)33(30,31)13-4-1-3-12(7-13)32-20(23)24/h1-10,20H,(H,25,27,29). The maximum atomic E-state index is 14.0. The fourth-order valence-electron chi connectivity index (χ4n) is 2.96. The van der Waals surface area contributed by atoms with Crippen molar-refractivity contribution >= 4 is 44.3 Å². The van der Waals surface area contributed by atoms with Gasteiger partial charge in [0, 0.05) is 23.7 Å². The minimum atomic E-state index is -4.33. The van der Waals surface area contributed by atoms with Crippen LogP contribution in [0.15, 0.2) is 65.8 Å². The molecule has 0 bridgehead atoms. The van der Waals surface area contributed by atoms with Crippen molar-refractivity contribution in [3.05, 3.63) is 77.3 Å². The normalized spacial score (nSPS) is 11.7. The number of carbonyl (C=O) groups is 1. The van der Waals surface area contributed by atoms with Gasteiger partial charge < -0.3 is 10.1 Å². The van der Waals surface area contributed by atoms with Gasteiger partial charge in [-0.15, -0.1) is 0 Å². The van der Waals surface area contributed by atoms with Gasteiger partial charge in [-0.1, -0.05) is 23.7 Å². The molecule has 2 heterocycles. The van der Waals surface area contributed by atoms with Crippen LogP contribution in [0.3, 0.4) is 0 Å². The van der Waals surface area contributed by atoms with Crippen LogP contribution in [-0.4, -0.2) is 35.1 Å². The molecule has 13 heteroatoms. The number of carbonyl (C=O) groups excluding carboxylic acids is 1. The zero-order valence-electron chi connectivity index (χ0n) is 16.2. The van der Waals surface area contributed by atoms with Crippen LogP contribution < -0.4 is 10.1 Å². The number of ether oxygens (including phenoxy) is 1. The van der Waals surface area contributed by atoms with Crippen LogP contribution in [-0.2, 0) is 10.0 Å². The summed E-state index contributed by atoms with van der Waals surface area (Å²) in [4.78, 5) is 16.1. The Morgan fingerprint density at radius 2 is 1.88 bits per heavy atom. The third-order valence-corrected chi connectivity index (χ3v) is 6.32. The van der Waals surface area contributed by atoms with E-state index in [0.717, 1.165) is 12.1 Å². The largest absolute Gasteiger partial charge is 0.435 e. The number of halogens is 4. The van der Waals surface area contributed by atoms with Crippen molar-refractivity contribution in [2.75, 3.05) is 5.32 Å². The fraction of sp³-hybridized carbons (Fsp3) is 0.0500. The first kappa shape index (κ1) is 22.6. The minimum Gasteiger partial charge on any atom is -0.435 e. The second-order valence-corrected chi connectivity index (χ2v) is 8.70. The fourth-order valence-corrected chi connectivity index (χ4v) is 4.51. The van der Waals surface area contributed by atoms with E-state index in [1.165, 1.54) is 48.8 Å². The van der Waals surface area contributed by atoms with Crippen molar-refractivity contribution in [1.82, 2.24) is 14.2 Å². The van der Waals surface area contributed by atoms with Crippen LogP contribution in [0.1, 0.15) is 10.4 Å². The van der Waals surface area contributed by atoms with E-state index in [1.54, 1.807) is 0 Å². The number of hydrogen-bond donors (Lipinski definition) is 1. The Morgan fingerprint density at radius 1 is 1.12 bits per heavy atom. The lowest BCUT2D eigenvalue weighted by Crippen LogP contribution is -2.16. The summed E-state index contributed by atoms with van der Waals surface area (Å²) in [5.74, 6) is -2.19. The maximum absolute atomic E-state index is 14.0. The lowest BCUT2D eigenvalue weighted by molar-refractivity contribution is -0.0500. The summed E-state index contributed by atoms with van der Waals surface area (Å²) in [6, 6.07) is 9.48. The van der Waals surface area contributed by atoms with Gasteiger partial charge in [-0.3, -0.25) is 4.79 Å². The van der Waals surface area contributed by atoms with Gasteiger partial charge in [0.25, 0.3) is 15.9 Å². The molecule has 2 aromatic heterocycles. The molecule has 0 saturated carbocycles. The summed E-state index contributed by atoms with van der Waals surface area (Å²) in [6.07, 6.45) is 2.47. The van der Waals surface area contributed by atoms with E-state index in [-0.39, 0.29) is 27.0 Å². The lowest BCUT2D eigenvalue weighted by Gasteiger charge is -2.10. The number of hydrogen-bond acceptors (Lipinski definition) is 6. The van der Waals surface area contributed by atoms with Gasteiger partial charge in [-0.2, -0.15) is 26.4 Å². The van der Waals surface area contributed by atoms with Crippen molar-refractivity contribution in [3.63, 3.8) is 0 Å². The van der Waals surface area contributed by atoms with Gasteiger partial charge >= 0.3 is 6.61 Å². The molecule has 0 aliphatic heterocycles. The molecule has 1 N–H and O–H groups in total. The third kappa shape index (κ3) is 4.47. The average molecular weight is 497 g/mol. The summed E-state index contributed by atoms with van der Waals surface area (Å²) in [6.45, 7) is -3.13. The van der Waals surface area contributed by atoms with Crippen molar-refractivity contribution in [2.45, 2.75) is 11.5 Å². The van der Waals surface area contributed by atoms with Crippen LogP contribution in [0.4, 0.5) is 19.0 Å². The Kier molecular flexibility index (Phi) is 5.95. The zero-order chi connectivity index (χ0) is 23.8. The first-order chi connectivity index (χ1) is 15.7. The highest BCUT2D eigenvalue weighted by Crippen LogP contribution is 2.26. The summed E-state index contributed by atoms with van der Waals surface area (Å²) in [5, 5.41) is 6.39. The number of amides is 1. The number of nitrogens with one attached hydrogen (secondary N) is 1. The van der Waals surface area contributed by atoms with Crippen LogP contribution in [0.2, 0.25) is 5.02 Å². The number of nitrogens with zero attached hydrogens (tertiary/aromatic N) is 3. The number of anilines is 1. The van der Waals surface area contributed by atoms with Gasteiger partial charge in [0.15, 0.2) is 0 Å². The molecule has 4 aromatic rings. The molecule has 0 aliphatic carbocycles. The molecule has 0 atom stereocenters. The highest BCUT2D eigenvalue weighted by atomic mass is 35.5. The van der Waals surface area contributed by atoms with Crippen molar-refractivity contribution in [1.29, 1.82) is 0 Å². The molecule has 4 rings (SSSR count). The molecule has 0 fully saturated rings. The second-order valence-electron chi connectivity index (χ2n) is 6.53. The molecule has 33 heavy (non-hydrogen) atoms. The molecule has 8 nitrogen and oxygen atoms in total. The summed E-state index contributed by atoms with van der Waals surface area (Å²) < 4.78 is 70.0. The number of aromatic nitrogens is 3. The van der Waals surface area contributed by atoms with Crippen LogP contribution in [0.25, 0.3) is 10.9 Å². The SMILES string of the molecule is O=C(Nc1cc2c(cn1)cnn2S(=O)(=O)c1cccc(OC(F)F)c1)c1c(F)cccc1Cl. The van der Waals surface area contributed by atoms with E-state index < -0.39 is 33.9 Å². The van der Waals surface area contributed by atoms with Crippen LogP contribution in [0, 0.1) is 5.82 Å². The van der Waals surface area contributed by atoms with Gasteiger partial charge in [0.2, 0.25) is 0 Å². The van der Waals surface area contributed by atoms with Crippen molar-refractivity contribution in [2.24, 2.45) is 0 Å². The Balaban J connectivity index is 1.71. The summed E-state index contributed by atoms with van der Waals surface area (Å²) in [7, 11) is -4.33. The molecule has 0 aliphatic rings. The predicted molar refractivity (Wildman–Crippen MR) is 113 cm³/mol. The van der Waals surface area contributed by atoms with Gasteiger partial charge in [0.1, 0.15) is 17.4 Å². The van der Waals surface area contributed by atoms with Gasteiger partial charge in [-0.25, -0.2) is 9.37 Å². The van der Waals surface area contributed by atoms with E-state index in [2.05, 4.69) is 20.1 Å². The summed E-state index contributed by atoms with van der Waals surface area (Å²) >= 11 is 5.89. The molecule has 0 saturated heterocycles. The van der Waals surface area contributed by atoms with E-state index in [0.29, 0.717) is 9.47 Å². The highest BCUT2D eigenvalue weighted by Gasteiger charge is 2.23. The molecule has 0 unspecified atom stereocenters. The van der Waals surface area contributed by atoms with E-state index in [4.69, 9.17) is 11.6 Å². The van der Waals surface area contributed by atoms with E-state index in [1.807, 2.05) is 0 Å². The summed E-state index contributed by atoms with van der Waals surface area (Å²) in [5.41, 5.74) is -0.377. The highest BCUT2D eigenvalue weighted by molar-refractivity contribution is 7.90. The zero-order valence-corrected chi connectivity index (χ0v) is 17.8. The Hall–Kier alpha value is -3.64. The van der Waals surface area contributed by atoms with E-state index in [9.17, 15) is 26.4 Å². The quantitative estimate of drug-likeness (QED) is 0.426. The van der Waals surface area contributed by atoms with Crippen LogP contribution >= 0.6 is 11.6 Å². The number of rotatable bonds is 6. The molecule has 0 radical (unpaired) electrons. The Morgan fingerprint density at radius 3 is 2.61 bits per heavy atom. The smallest absolute Gasteiger partial charge is 0.387 e. The molecule has 0 spiro atoms. The molecule has 170 valence electrons. The maximum Gasteiger partial charge on any atom is 0.387 e. The van der Waals surface area contributed by atoms with Crippen LogP contribution in [0.5, 0.6) is 5.75 Å². The first-order valence-corrected chi connectivity index (χ1v) is 10.9. The average Bonchev–Trinajstić information content (AvgIpc) is 3.17. The molecule has 2 aromatic carbocycles. The lowest BCUT2D eigenvalue weighted by atomic mass is 10.2. The molecule has 1 amide bonds. The number of benzene rings is 2. The van der Waals surface area contributed by atoms with Gasteiger partial charge in [-0.05, 0) is 24.3 Å². The third-order valence-electron chi connectivity index (χ3n) is 4.41. The first-order valence-electron chi connectivity index (χ1n) is 9.06. The van der Waals surface area contributed by atoms with Crippen molar-refractivity contribution in [3.8, 4) is 5.75 Å². The topological polar surface area (TPSA) is 103 Å². The predicted octanol–water partition coefficient (Wildman–Crippen LogP) is 4.31. The molecular weight excluding hydrogens is 485 g/mol. The van der Waals surface area contributed by atoms with Crippen molar-refractivity contribution < 1.29 is 31.1 Å². The Labute approximate surface area is 189 Å². The van der Waals surface area contributed by atoms with Gasteiger partial charge in [0.05, 0.1) is 27.2 Å². The number of pyridine rings is 1. The number of fused-ring (bicyclic) bond motifs is 1. The number of alkyl halides is 2. The Bertz CT molecular complexity index is 1460. The monoisotopic (exact) mass is 496 g/mol.